The number of amides is 1. The summed E-state index contributed by atoms with van der Waals surface area (Å²) in [5.74, 6) is 0.553. The SMILES string of the molecule is O=C(Nc1nn(Cc2ccccc2Cl)cc1Cl)c1ccn(COc2ccccc2)n1. The van der Waals surface area contributed by atoms with Crippen molar-refractivity contribution >= 4 is 34.9 Å². The molecule has 0 saturated heterocycles. The zero-order chi connectivity index (χ0) is 20.9. The highest BCUT2D eigenvalue weighted by Gasteiger charge is 2.15. The number of rotatable bonds is 7. The second-order valence-corrected chi connectivity index (χ2v) is 7.21. The van der Waals surface area contributed by atoms with Gasteiger partial charge in [0, 0.05) is 17.4 Å². The van der Waals surface area contributed by atoms with E-state index < -0.39 is 5.91 Å². The Morgan fingerprint density at radius 3 is 2.50 bits per heavy atom. The largest absolute Gasteiger partial charge is 0.471 e. The van der Waals surface area contributed by atoms with Gasteiger partial charge in [0.05, 0.1) is 6.54 Å². The van der Waals surface area contributed by atoms with Crippen LogP contribution in [0.25, 0.3) is 0 Å². The Morgan fingerprint density at radius 2 is 1.70 bits per heavy atom. The summed E-state index contributed by atoms with van der Waals surface area (Å²) >= 11 is 12.4. The number of nitrogens with one attached hydrogen (secondary N) is 1. The van der Waals surface area contributed by atoms with Gasteiger partial charge in [-0.25, -0.2) is 4.68 Å². The molecule has 4 aromatic rings. The summed E-state index contributed by atoms with van der Waals surface area (Å²) < 4.78 is 8.76. The molecule has 0 saturated carbocycles. The molecule has 0 unspecified atom stereocenters. The molecule has 0 fully saturated rings. The quantitative estimate of drug-likeness (QED) is 0.450. The van der Waals surface area contributed by atoms with E-state index >= 15 is 0 Å². The monoisotopic (exact) mass is 441 g/mol. The van der Waals surface area contributed by atoms with Crippen LogP contribution in [0.3, 0.4) is 0 Å². The van der Waals surface area contributed by atoms with Crippen molar-refractivity contribution in [3.05, 3.63) is 94.4 Å². The maximum atomic E-state index is 12.5. The second kappa shape index (κ2) is 9.02. The van der Waals surface area contributed by atoms with Crippen LogP contribution < -0.4 is 10.1 Å². The molecule has 0 aliphatic rings. The summed E-state index contributed by atoms with van der Waals surface area (Å²) in [7, 11) is 0. The first-order chi connectivity index (χ1) is 14.6. The lowest BCUT2D eigenvalue weighted by Crippen LogP contribution is -2.15. The van der Waals surface area contributed by atoms with Crippen molar-refractivity contribution in [3.63, 3.8) is 0 Å². The van der Waals surface area contributed by atoms with Gasteiger partial charge < -0.3 is 10.1 Å². The summed E-state index contributed by atoms with van der Waals surface area (Å²) in [6.45, 7) is 0.616. The second-order valence-electron chi connectivity index (χ2n) is 6.40. The van der Waals surface area contributed by atoms with Crippen LogP contribution in [0, 0.1) is 0 Å². The fraction of sp³-hybridized carbons (Fsp3) is 0.0952. The Labute approximate surface area is 182 Å². The Balaban J connectivity index is 1.39. The zero-order valence-electron chi connectivity index (χ0n) is 15.7. The topological polar surface area (TPSA) is 74.0 Å². The minimum absolute atomic E-state index is 0.185. The van der Waals surface area contributed by atoms with Crippen LogP contribution in [0.1, 0.15) is 16.1 Å². The number of nitrogens with zero attached hydrogens (tertiary/aromatic N) is 4. The van der Waals surface area contributed by atoms with Crippen molar-refractivity contribution in [2.24, 2.45) is 0 Å². The average Bonchev–Trinajstić information content (AvgIpc) is 3.36. The number of para-hydroxylation sites is 1. The van der Waals surface area contributed by atoms with Crippen LogP contribution in [0.15, 0.2) is 73.1 Å². The maximum absolute atomic E-state index is 12.5. The Morgan fingerprint density at radius 1 is 0.933 bits per heavy atom. The van der Waals surface area contributed by atoms with Gasteiger partial charge in [-0.3, -0.25) is 9.48 Å². The summed E-state index contributed by atoms with van der Waals surface area (Å²) in [6.07, 6.45) is 3.29. The van der Waals surface area contributed by atoms with Gasteiger partial charge in [0.15, 0.2) is 18.2 Å². The van der Waals surface area contributed by atoms with E-state index in [1.165, 1.54) is 4.68 Å². The van der Waals surface area contributed by atoms with Crippen molar-refractivity contribution in [2.45, 2.75) is 13.3 Å². The van der Waals surface area contributed by atoms with E-state index in [2.05, 4.69) is 15.5 Å². The minimum atomic E-state index is -0.418. The molecule has 30 heavy (non-hydrogen) atoms. The molecule has 0 aliphatic heterocycles. The molecule has 1 amide bonds. The van der Waals surface area contributed by atoms with Crippen molar-refractivity contribution < 1.29 is 9.53 Å². The molecule has 0 radical (unpaired) electrons. The van der Waals surface area contributed by atoms with Gasteiger partial charge in [0.2, 0.25) is 0 Å². The third-order valence-electron chi connectivity index (χ3n) is 4.22. The van der Waals surface area contributed by atoms with Crippen LogP contribution in [-0.4, -0.2) is 25.5 Å². The van der Waals surface area contributed by atoms with Gasteiger partial charge in [-0.05, 0) is 29.8 Å². The number of hydrogen-bond acceptors (Lipinski definition) is 4. The van der Waals surface area contributed by atoms with Crippen molar-refractivity contribution in [1.82, 2.24) is 19.6 Å². The molecule has 2 heterocycles. The smallest absolute Gasteiger partial charge is 0.277 e. The highest BCUT2D eigenvalue weighted by Crippen LogP contribution is 2.22. The van der Waals surface area contributed by atoms with Gasteiger partial charge in [-0.1, -0.05) is 59.6 Å². The molecular formula is C21H17Cl2N5O2. The van der Waals surface area contributed by atoms with Crippen molar-refractivity contribution in [1.29, 1.82) is 0 Å². The van der Waals surface area contributed by atoms with E-state index in [9.17, 15) is 4.79 Å². The molecule has 0 aliphatic carbocycles. The summed E-state index contributed by atoms with van der Waals surface area (Å²) in [6, 6.07) is 18.4. The van der Waals surface area contributed by atoms with E-state index in [1.54, 1.807) is 23.1 Å². The van der Waals surface area contributed by atoms with E-state index in [0.717, 1.165) is 11.3 Å². The predicted molar refractivity (Wildman–Crippen MR) is 115 cm³/mol. The predicted octanol–water partition coefficient (Wildman–Crippen LogP) is 4.72. The van der Waals surface area contributed by atoms with Crippen LogP contribution >= 0.6 is 23.2 Å². The lowest BCUT2D eigenvalue weighted by Gasteiger charge is -2.05. The highest BCUT2D eigenvalue weighted by molar-refractivity contribution is 6.33. The van der Waals surface area contributed by atoms with Crippen LogP contribution in [-0.2, 0) is 13.3 Å². The third-order valence-corrected chi connectivity index (χ3v) is 4.86. The first-order valence-electron chi connectivity index (χ1n) is 9.07. The van der Waals surface area contributed by atoms with Crippen LogP contribution in [0.5, 0.6) is 5.75 Å². The number of carbonyl (C=O) groups is 1. The summed E-state index contributed by atoms with van der Waals surface area (Å²) in [5, 5.41) is 12.2. The van der Waals surface area contributed by atoms with Gasteiger partial charge in [0.1, 0.15) is 10.8 Å². The molecule has 152 valence electrons. The first kappa shape index (κ1) is 20.0. The molecular weight excluding hydrogens is 425 g/mol. The van der Waals surface area contributed by atoms with Gasteiger partial charge in [-0.15, -0.1) is 0 Å². The van der Waals surface area contributed by atoms with Crippen LogP contribution in [0.4, 0.5) is 5.82 Å². The number of hydrogen-bond donors (Lipinski definition) is 1. The fourth-order valence-corrected chi connectivity index (χ4v) is 3.14. The molecule has 0 atom stereocenters. The van der Waals surface area contributed by atoms with Gasteiger partial charge in [-0.2, -0.15) is 10.2 Å². The molecule has 0 bridgehead atoms. The summed E-state index contributed by atoms with van der Waals surface area (Å²) in [4.78, 5) is 12.5. The number of ether oxygens (including phenoxy) is 1. The lowest BCUT2D eigenvalue weighted by molar-refractivity contribution is 0.101. The first-order valence-corrected chi connectivity index (χ1v) is 9.83. The van der Waals surface area contributed by atoms with E-state index in [0.29, 0.717) is 16.6 Å². The number of aromatic nitrogens is 4. The number of carbonyl (C=O) groups excluding carboxylic acids is 1. The molecule has 9 heteroatoms. The van der Waals surface area contributed by atoms with Gasteiger partial charge in [0.25, 0.3) is 5.91 Å². The van der Waals surface area contributed by atoms with E-state index in [1.807, 2.05) is 54.6 Å². The average molecular weight is 442 g/mol. The van der Waals surface area contributed by atoms with Gasteiger partial charge >= 0.3 is 0 Å². The number of halogens is 2. The highest BCUT2D eigenvalue weighted by atomic mass is 35.5. The molecule has 7 nitrogen and oxygen atoms in total. The molecule has 4 rings (SSSR count). The molecule has 2 aromatic heterocycles. The van der Waals surface area contributed by atoms with E-state index in [4.69, 9.17) is 27.9 Å². The normalized spacial score (nSPS) is 10.7. The molecule has 2 aromatic carbocycles. The Kier molecular flexibility index (Phi) is 6.02. The van der Waals surface area contributed by atoms with E-state index in [-0.39, 0.29) is 18.2 Å². The molecule has 0 spiro atoms. The Hall–Kier alpha value is -3.29. The fourth-order valence-electron chi connectivity index (χ4n) is 2.75. The zero-order valence-corrected chi connectivity index (χ0v) is 17.2. The number of benzene rings is 2. The summed E-state index contributed by atoms with van der Waals surface area (Å²) in [5.41, 5.74) is 1.12. The molecule has 1 N–H and O–H groups in total. The van der Waals surface area contributed by atoms with Crippen molar-refractivity contribution in [2.75, 3.05) is 5.32 Å². The van der Waals surface area contributed by atoms with Crippen LogP contribution in [0.2, 0.25) is 10.0 Å². The lowest BCUT2D eigenvalue weighted by atomic mass is 10.2. The maximum Gasteiger partial charge on any atom is 0.277 e. The third kappa shape index (κ3) is 4.82. The standard InChI is InChI=1S/C21H17Cl2N5O2/c22-17-9-5-4-6-15(17)12-28-13-18(23)20(26-28)24-21(29)19-10-11-27(25-19)14-30-16-7-2-1-3-8-16/h1-11,13H,12,14H2,(H,24,26,29). The Bertz CT molecular complexity index is 1160. The van der Waals surface area contributed by atoms with Crippen molar-refractivity contribution in [3.8, 4) is 5.75 Å². The number of anilines is 1. The minimum Gasteiger partial charge on any atom is -0.471 e.